The molecule has 2 aromatic carbocycles. The van der Waals surface area contributed by atoms with E-state index in [-0.39, 0.29) is 11.5 Å². The molecule has 0 radical (unpaired) electrons. The standard InChI is InChI=1S/C14H10BrFO2/c1-18-13-7-6-9(8-12(13)16)14(17)10-4-2-3-5-11(10)15/h2-8H,1H3. The Labute approximate surface area is 113 Å². The van der Waals surface area contributed by atoms with Crippen LogP contribution in [0.25, 0.3) is 0 Å². The highest BCUT2D eigenvalue weighted by Gasteiger charge is 2.14. The number of carbonyl (C=O) groups excluding carboxylic acids is 1. The van der Waals surface area contributed by atoms with Gasteiger partial charge in [0.25, 0.3) is 0 Å². The summed E-state index contributed by atoms with van der Waals surface area (Å²) >= 11 is 3.30. The molecule has 0 aliphatic carbocycles. The molecular formula is C14H10BrFO2. The van der Waals surface area contributed by atoms with Crippen molar-refractivity contribution in [1.82, 2.24) is 0 Å². The molecule has 2 rings (SSSR count). The summed E-state index contributed by atoms with van der Waals surface area (Å²) in [6, 6.07) is 11.2. The van der Waals surface area contributed by atoms with Gasteiger partial charge < -0.3 is 4.74 Å². The monoisotopic (exact) mass is 308 g/mol. The van der Waals surface area contributed by atoms with Crippen LogP contribution < -0.4 is 4.74 Å². The van der Waals surface area contributed by atoms with Gasteiger partial charge in [-0.3, -0.25) is 4.79 Å². The minimum absolute atomic E-state index is 0.124. The summed E-state index contributed by atoms with van der Waals surface area (Å²) in [4.78, 5) is 12.2. The largest absolute Gasteiger partial charge is 0.494 e. The zero-order valence-corrected chi connectivity index (χ0v) is 11.2. The van der Waals surface area contributed by atoms with Crippen LogP contribution in [-0.2, 0) is 0 Å². The number of hydrogen-bond donors (Lipinski definition) is 0. The van der Waals surface area contributed by atoms with E-state index in [2.05, 4.69) is 15.9 Å². The molecular weight excluding hydrogens is 299 g/mol. The summed E-state index contributed by atoms with van der Waals surface area (Å²) in [5.74, 6) is -0.655. The molecule has 0 aromatic heterocycles. The second-order valence-electron chi connectivity index (χ2n) is 3.66. The maximum absolute atomic E-state index is 13.5. The number of hydrogen-bond acceptors (Lipinski definition) is 2. The molecule has 0 atom stereocenters. The second kappa shape index (κ2) is 5.31. The van der Waals surface area contributed by atoms with Crippen molar-refractivity contribution in [2.75, 3.05) is 7.11 Å². The number of benzene rings is 2. The molecule has 2 nitrogen and oxygen atoms in total. The molecule has 0 saturated carbocycles. The quantitative estimate of drug-likeness (QED) is 0.806. The predicted molar refractivity (Wildman–Crippen MR) is 70.5 cm³/mol. The Hall–Kier alpha value is -1.68. The maximum atomic E-state index is 13.5. The molecule has 0 amide bonds. The molecule has 92 valence electrons. The van der Waals surface area contributed by atoms with Gasteiger partial charge >= 0.3 is 0 Å². The van der Waals surface area contributed by atoms with Crippen molar-refractivity contribution in [3.8, 4) is 5.75 Å². The fraction of sp³-hybridized carbons (Fsp3) is 0.0714. The van der Waals surface area contributed by atoms with Crippen LogP contribution in [-0.4, -0.2) is 12.9 Å². The van der Waals surface area contributed by atoms with E-state index in [4.69, 9.17) is 4.74 Å². The third kappa shape index (κ3) is 2.43. The number of rotatable bonds is 3. The highest BCUT2D eigenvalue weighted by atomic mass is 79.9. The first-order chi connectivity index (χ1) is 8.63. The Morgan fingerprint density at radius 2 is 1.94 bits per heavy atom. The van der Waals surface area contributed by atoms with Crippen molar-refractivity contribution in [1.29, 1.82) is 0 Å². The van der Waals surface area contributed by atoms with Crippen LogP contribution in [0.4, 0.5) is 4.39 Å². The molecule has 0 N–H and O–H groups in total. The minimum Gasteiger partial charge on any atom is -0.494 e. The average Bonchev–Trinajstić information content (AvgIpc) is 2.38. The number of halogens is 2. The van der Waals surface area contributed by atoms with Gasteiger partial charge in [0.05, 0.1) is 7.11 Å². The Morgan fingerprint density at radius 1 is 1.22 bits per heavy atom. The fourth-order valence-electron chi connectivity index (χ4n) is 1.61. The van der Waals surface area contributed by atoms with Gasteiger partial charge in [0, 0.05) is 15.6 Å². The van der Waals surface area contributed by atoms with Crippen molar-refractivity contribution in [2.45, 2.75) is 0 Å². The van der Waals surface area contributed by atoms with Crippen molar-refractivity contribution >= 4 is 21.7 Å². The number of ketones is 1. The third-order valence-corrected chi connectivity index (χ3v) is 3.22. The second-order valence-corrected chi connectivity index (χ2v) is 4.51. The van der Waals surface area contributed by atoms with Crippen LogP contribution in [0.3, 0.4) is 0 Å². The lowest BCUT2D eigenvalue weighted by Crippen LogP contribution is -2.03. The van der Waals surface area contributed by atoms with Gasteiger partial charge in [0.15, 0.2) is 17.3 Å². The van der Waals surface area contributed by atoms with Gasteiger partial charge in [-0.15, -0.1) is 0 Å². The van der Waals surface area contributed by atoms with Gasteiger partial charge in [0.1, 0.15) is 0 Å². The Balaban J connectivity index is 2.41. The van der Waals surface area contributed by atoms with Crippen LogP contribution in [0.5, 0.6) is 5.75 Å². The highest BCUT2D eigenvalue weighted by molar-refractivity contribution is 9.10. The summed E-state index contributed by atoms with van der Waals surface area (Å²) in [5, 5.41) is 0. The molecule has 0 heterocycles. The zero-order chi connectivity index (χ0) is 13.1. The van der Waals surface area contributed by atoms with Crippen molar-refractivity contribution in [3.63, 3.8) is 0 Å². The van der Waals surface area contributed by atoms with Gasteiger partial charge in [-0.2, -0.15) is 0 Å². The Kier molecular flexibility index (Phi) is 3.77. The first-order valence-electron chi connectivity index (χ1n) is 5.26. The van der Waals surface area contributed by atoms with Crippen molar-refractivity contribution in [3.05, 3.63) is 63.9 Å². The van der Waals surface area contributed by atoms with E-state index in [0.29, 0.717) is 15.6 Å². The molecule has 4 heteroatoms. The molecule has 0 spiro atoms. The Bertz CT molecular complexity index is 596. The lowest BCUT2D eigenvalue weighted by atomic mass is 10.0. The van der Waals surface area contributed by atoms with E-state index in [1.54, 1.807) is 24.3 Å². The van der Waals surface area contributed by atoms with Gasteiger partial charge in [0.2, 0.25) is 0 Å². The Morgan fingerprint density at radius 3 is 2.56 bits per heavy atom. The predicted octanol–water partition coefficient (Wildman–Crippen LogP) is 3.83. The summed E-state index contributed by atoms with van der Waals surface area (Å²) in [5.41, 5.74) is 0.794. The smallest absolute Gasteiger partial charge is 0.194 e. The minimum atomic E-state index is -0.546. The summed E-state index contributed by atoms with van der Waals surface area (Å²) in [6.07, 6.45) is 0. The average molecular weight is 309 g/mol. The lowest BCUT2D eigenvalue weighted by molar-refractivity contribution is 0.103. The third-order valence-electron chi connectivity index (χ3n) is 2.53. The molecule has 18 heavy (non-hydrogen) atoms. The molecule has 0 aliphatic rings. The molecule has 2 aromatic rings. The van der Waals surface area contributed by atoms with E-state index < -0.39 is 5.82 Å². The molecule has 0 unspecified atom stereocenters. The van der Waals surface area contributed by atoms with Gasteiger partial charge in [-0.05, 0) is 30.3 Å². The molecule has 0 aliphatic heterocycles. The number of carbonyl (C=O) groups is 1. The summed E-state index contributed by atoms with van der Waals surface area (Å²) in [6.45, 7) is 0. The molecule has 0 fully saturated rings. The van der Waals surface area contributed by atoms with E-state index >= 15 is 0 Å². The summed E-state index contributed by atoms with van der Waals surface area (Å²) in [7, 11) is 1.38. The van der Waals surface area contributed by atoms with E-state index in [1.165, 1.54) is 19.2 Å². The van der Waals surface area contributed by atoms with Crippen LogP contribution in [0.15, 0.2) is 46.9 Å². The van der Waals surface area contributed by atoms with Crippen molar-refractivity contribution in [2.24, 2.45) is 0 Å². The number of methoxy groups -OCH3 is 1. The van der Waals surface area contributed by atoms with E-state index in [9.17, 15) is 9.18 Å². The number of ether oxygens (including phenoxy) is 1. The first-order valence-corrected chi connectivity index (χ1v) is 6.05. The highest BCUT2D eigenvalue weighted by Crippen LogP contribution is 2.23. The van der Waals surface area contributed by atoms with Crippen LogP contribution in [0, 0.1) is 5.82 Å². The van der Waals surface area contributed by atoms with Crippen LogP contribution in [0.2, 0.25) is 0 Å². The normalized spacial score (nSPS) is 10.2. The molecule has 0 bridgehead atoms. The van der Waals surface area contributed by atoms with E-state index in [1.807, 2.05) is 6.07 Å². The SMILES string of the molecule is COc1ccc(C(=O)c2ccccc2Br)cc1F. The van der Waals surface area contributed by atoms with Crippen LogP contribution >= 0.6 is 15.9 Å². The maximum Gasteiger partial charge on any atom is 0.194 e. The van der Waals surface area contributed by atoms with Gasteiger partial charge in [-0.25, -0.2) is 4.39 Å². The van der Waals surface area contributed by atoms with Gasteiger partial charge in [-0.1, -0.05) is 28.1 Å². The summed E-state index contributed by atoms with van der Waals surface area (Å²) < 4.78 is 19.0. The van der Waals surface area contributed by atoms with Crippen LogP contribution in [0.1, 0.15) is 15.9 Å². The van der Waals surface area contributed by atoms with Crippen molar-refractivity contribution < 1.29 is 13.9 Å². The first kappa shape index (κ1) is 12.8. The zero-order valence-electron chi connectivity index (χ0n) is 9.61. The fourth-order valence-corrected chi connectivity index (χ4v) is 2.07. The topological polar surface area (TPSA) is 26.3 Å². The lowest BCUT2D eigenvalue weighted by Gasteiger charge is -2.06. The van der Waals surface area contributed by atoms with E-state index in [0.717, 1.165) is 0 Å². The molecule has 0 saturated heterocycles.